The van der Waals surface area contributed by atoms with Crippen LogP contribution in [0.5, 0.6) is 0 Å². The molecule has 3 nitrogen and oxygen atoms in total. The van der Waals surface area contributed by atoms with E-state index < -0.39 is 0 Å². The molecule has 0 saturated carbocycles. The maximum atomic E-state index is 4.12. The number of anilines is 2. The number of benzene rings is 1. The van der Waals surface area contributed by atoms with Gasteiger partial charge in [-0.2, -0.15) is 0 Å². The van der Waals surface area contributed by atoms with Crippen molar-refractivity contribution < 1.29 is 0 Å². The molecule has 0 saturated heterocycles. The average molecular weight is 183 g/mol. The number of aliphatic imine (C=N–C) groups is 1. The molecule has 0 bridgehead atoms. The number of nitrogens with zero attached hydrogens (tertiary/aromatic N) is 2. The van der Waals surface area contributed by atoms with Crippen LogP contribution in [0, 0.1) is 0 Å². The fraction of sp³-hybridized carbons (Fsp3) is 0. The van der Waals surface area contributed by atoms with Crippen molar-refractivity contribution in [3.8, 4) is 0 Å². The van der Waals surface area contributed by atoms with Gasteiger partial charge < -0.3 is 5.32 Å². The molecule has 0 aliphatic carbocycles. The fourth-order valence-electron chi connectivity index (χ4n) is 1.66. The summed E-state index contributed by atoms with van der Waals surface area (Å²) in [6.07, 6.45) is 7.52. The van der Waals surface area contributed by atoms with Gasteiger partial charge in [0.25, 0.3) is 0 Å². The van der Waals surface area contributed by atoms with Gasteiger partial charge >= 0.3 is 0 Å². The van der Waals surface area contributed by atoms with Crippen molar-refractivity contribution >= 4 is 17.6 Å². The molecule has 1 N–H and O–H groups in total. The Bertz CT molecular complexity index is 457. The molecule has 0 radical (unpaired) electrons. The molecule has 0 unspecified atom stereocenters. The van der Waals surface area contributed by atoms with E-state index in [4.69, 9.17) is 0 Å². The van der Waals surface area contributed by atoms with Crippen molar-refractivity contribution in [1.82, 2.24) is 0 Å². The minimum absolute atomic E-state index is 0.996. The molecule has 0 fully saturated rings. The third kappa shape index (κ3) is 0.956. The van der Waals surface area contributed by atoms with Crippen LogP contribution in [0.15, 0.2) is 53.6 Å². The number of nitrogens with one attached hydrogen (secondary N) is 1. The van der Waals surface area contributed by atoms with Gasteiger partial charge in [-0.1, -0.05) is 12.1 Å². The van der Waals surface area contributed by atoms with E-state index in [1.165, 1.54) is 5.69 Å². The van der Waals surface area contributed by atoms with Crippen molar-refractivity contribution in [2.45, 2.75) is 0 Å². The third-order valence-electron chi connectivity index (χ3n) is 2.29. The highest BCUT2D eigenvalue weighted by Gasteiger charge is 2.21. The van der Waals surface area contributed by atoms with Gasteiger partial charge in [0.15, 0.2) is 0 Å². The largest absolute Gasteiger partial charge is 0.338 e. The van der Waals surface area contributed by atoms with Gasteiger partial charge in [0.1, 0.15) is 5.82 Å². The zero-order valence-corrected chi connectivity index (χ0v) is 7.51. The van der Waals surface area contributed by atoms with E-state index in [0.717, 1.165) is 11.5 Å². The molecule has 0 aromatic heterocycles. The summed E-state index contributed by atoms with van der Waals surface area (Å²) >= 11 is 0. The van der Waals surface area contributed by atoms with Crippen LogP contribution in [-0.4, -0.2) is 6.21 Å². The van der Waals surface area contributed by atoms with Crippen LogP contribution in [-0.2, 0) is 0 Å². The normalized spacial score (nSPS) is 16.9. The molecule has 2 heterocycles. The maximum absolute atomic E-state index is 4.12. The average Bonchev–Trinajstić information content (AvgIpc) is 2.42. The summed E-state index contributed by atoms with van der Waals surface area (Å²) in [5, 5.41) is 3.30. The zero-order valence-electron chi connectivity index (χ0n) is 7.51. The predicted molar refractivity (Wildman–Crippen MR) is 58.3 cm³/mol. The molecule has 0 amide bonds. The minimum atomic E-state index is 0.996. The van der Waals surface area contributed by atoms with Crippen LogP contribution < -0.4 is 10.2 Å². The summed E-state index contributed by atoms with van der Waals surface area (Å²) in [4.78, 5) is 6.20. The van der Waals surface area contributed by atoms with E-state index in [-0.39, 0.29) is 0 Å². The van der Waals surface area contributed by atoms with Crippen LogP contribution in [0.25, 0.3) is 0 Å². The number of hydrogen-bond donors (Lipinski definition) is 1. The lowest BCUT2D eigenvalue weighted by Crippen LogP contribution is -2.12. The highest BCUT2D eigenvalue weighted by Crippen LogP contribution is 2.36. The Labute approximate surface area is 82.1 Å². The summed E-state index contributed by atoms with van der Waals surface area (Å²) in [7, 11) is 0. The molecule has 2 aliphatic heterocycles. The Morgan fingerprint density at radius 3 is 3.14 bits per heavy atom. The van der Waals surface area contributed by atoms with Crippen molar-refractivity contribution in [1.29, 1.82) is 0 Å². The number of para-hydroxylation sites is 2. The van der Waals surface area contributed by atoms with Gasteiger partial charge in [-0.05, 0) is 18.2 Å². The van der Waals surface area contributed by atoms with Crippen LogP contribution >= 0.6 is 0 Å². The molecule has 2 aliphatic rings. The molecule has 14 heavy (non-hydrogen) atoms. The van der Waals surface area contributed by atoms with Crippen LogP contribution in [0.1, 0.15) is 0 Å². The van der Waals surface area contributed by atoms with Crippen LogP contribution in [0.2, 0.25) is 0 Å². The Balaban J connectivity index is 2.16. The Morgan fingerprint density at radius 2 is 2.14 bits per heavy atom. The van der Waals surface area contributed by atoms with Crippen molar-refractivity contribution in [3.05, 3.63) is 48.6 Å². The molecule has 0 atom stereocenters. The van der Waals surface area contributed by atoms with Crippen molar-refractivity contribution in [2.24, 2.45) is 4.99 Å². The summed E-state index contributed by atoms with van der Waals surface area (Å²) in [6.45, 7) is 0. The van der Waals surface area contributed by atoms with E-state index in [0.29, 0.717) is 0 Å². The fourth-order valence-corrected chi connectivity index (χ4v) is 1.66. The standard InChI is InChI=1S/C11H9N3/c1-2-5-10-9(4-1)13-11-8-12-6-3-7-14(10)11/h1-8,13H. The first-order valence-corrected chi connectivity index (χ1v) is 4.50. The topological polar surface area (TPSA) is 27.6 Å². The molecular weight excluding hydrogens is 174 g/mol. The van der Waals surface area contributed by atoms with E-state index in [1.54, 1.807) is 6.21 Å². The van der Waals surface area contributed by atoms with Crippen molar-refractivity contribution in [3.63, 3.8) is 0 Å². The first-order valence-electron chi connectivity index (χ1n) is 4.50. The molecule has 1 aromatic carbocycles. The first-order chi connectivity index (χ1) is 6.95. The maximum Gasteiger partial charge on any atom is 0.133 e. The van der Waals surface area contributed by atoms with Crippen molar-refractivity contribution in [2.75, 3.05) is 10.2 Å². The van der Waals surface area contributed by atoms with E-state index in [9.17, 15) is 0 Å². The molecule has 3 rings (SSSR count). The van der Waals surface area contributed by atoms with Crippen LogP contribution in [0.4, 0.5) is 11.4 Å². The Morgan fingerprint density at radius 1 is 1.21 bits per heavy atom. The Kier molecular flexibility index (Phi) is 1.44. The highest BCUT2D eigenvalue weighted by atomic mass is 15.3. The smallest absolute Gasteiger partial charge is 0.133 e. The number of hydrogen-bond acceptors (Lipinski definition) is 3. The van der Waals surface area contributed by atoms with Gasteiger partial charge in [0.2, 0.25) is 0 Å². The minimum Gasteiger partial charge on any atom is -0.338 e. The summed E-state index contributed by atoms with van der Waals surface area (Å²) in [5.74, 6) is 0.996. The molecule has 1 aromatic rings. The molecule has 0 spiro atoms. The highest BCUT2D eigenvalue weighted by molar-refractivity contribution is 5.84. The second-order valence-corrected chi connectivity index (χ2v) is 3.17. The summed E-state index contributed by atoms with van der Waals surface area (Å²) in [5.41, 5.74) is 2.29. The van der Waals surface area contributed by atoms with E-state index >= 15 is 0 Å². The number of allylic oxidation sites excluding steroid dienone is 1. The molecule has 3 heteroatoms. The second kappa shape index (κ2) is 2.73. The summed E-state index contributed by atoms with van der Waals surface area (Å²) < 4.78 is 0. The third-order valence-corrected chi connectivity index (χ3v) is 2.29. The summed E-state index contributed by atoms with van der Waals surface area (Å²) in [6, 6.07) is 8.19. The zero-order chi connectivity index (χ0) is 9.38. The SMILES string of the molecule is C1=CN2C(=CN=C1)Nc1ccccc12. The van der Waals surface area contributed by atoms with Gasteiger partial charge in [0.05, 0.1) is 17.6 Å². The first kappa shape index (κ1) is 7.38. The Hall–Kier alpha value is -2.03. The predicted octanol–water partition coefficient (Wildman–Crippen LogP) is 2.32. The van der Waals surface area contributed by atoms with Crippen LogP contribution in [0.3, 0.4) is 0 Å². The quantitative estimate of drug-likeness (QED) is 0.668. The number of fused-ring (bicyclic) bond motifs is 3. The van der Waals surface area contributed by atoms with Gasteiger partial charge in [-0.25, -0.2) is 0 Å². The number of rotatable bonds is 0. The van der Waals surface area contributed by atoms with Gasteiger partial charge in [-0.15, -0.1) is 0 Å². The second-order valence-electron chi connectivity index (χ2n) is 3.17. The lowest BCUT2D eigenvalue weighted by Gasteiger charge is -2.12. The lowest BCUT2D eigenvalue weighted by molar-refractivity contribution is 1.22. The molecular formula is C11H9N3. The lowest BCUT2D eigenvalue weighted by atomic mass is 10.3. The van der Waals surface area contributed by atoms with Gasteiger partial charge in [0, 0.05) is 12.4 Å². The van der Waals surface area contributed by atoms with Gasteiger partial charge in [-0.3, -0.25) is 9.89 Å². The van der Waals surface area contributed by atoms with E-state index in [2.05, 4.69) is 27.3 Å². The monoisotopic (exact) mass is 183 g/mol. The molecule has 68 valence electrons. The van der Waals surface area contributed by atoms with E-state index in [1.807, 2.05) is 30.6 Å².